The minimum absolute atomic E-state index is 0.605. The van der Waals surface area contributed by atoms with E-state index in [1.165, 1.54) is 19.5 Å². The zero-order chi connectivity index (χ0) is 10.7. The molecule has 2 heterocycles. The molecule has 3 N–H and O–H groups in total. The second kappa shape index (κ2) is 4.55. The Morgan fingerprint density at radius 3 is 2.93 bits per heavy atom. The lowest BCUT2D eigenvalue weighted by Gasteiger charge is -2.14. The van der Waals surface area contributed by atoms with Gasteiger partial charge in [0.05, 0.1) is 18.1 Å². The number of nitrogens with zero attached hydrogens (tertiary/aromatic N) is 3. The van der Waals surface area contributed by atoms with E-state index in [1.807, 2.05) is 0 Å². The van der Waals surface area contributed by atoms with Crippen LogP contribution < -0.4 is 11.3 Å². The van der Waals surface area contributed by atoms with E-state index >= 15 is 0 Å². The maximum absolute atomic E-state index is 5.22. The van der Waals surface area contributed by atoms with Crippen molar-refractivity contribution in [3.63, 3.8) is 0 Å². The van der Waals surface area contributed by atoms with Crippen molar-refractivity contribution < 1.29 is 0 Å². The van der Waals surface area contributed by atoms with Gasteiger partial charge in [-0.1, -0.05) is 6.92 Å². The highest BCUT2D eigenvalue weighted by molar-refractivity contribution is 5.28. The summed E-state index contributed by atoms with van der Waals surface area (Å²) in [4.78, 5) is 10.8. The third-order valence-electron chi connectivity index (χ3n) is 2.75. The van der Waals surface area contributed by atoms with Crippen LogP contribution in [0.2, 0.25) is 0 Å². The molecule has 1 aliphatic heterocycles. The second-order valence-corrected chi connectivity index (χ2v) is 4.17. The van der Waals surface area contributed by atoms with E-state index < -0.39 is 0 Å². The summed E-state index contributed by atoms with van der Waals surface area (Å²) in [5.74, 6) is 6.63. The number of anilines is 1. The van der Waals surface area contributed by atoms with Crippen LogP contribution in [-0.4, -0.2) is 28.0 Å². The normalized spacial score (nSPS) is 21.9. The van der Waals surface area contributed by atoms with Crippen molar-refractivity contribution in [2.75, 3.05) is 18.5 Å². The average molecular weight is 207 g/mol. The molecule has 1 aliphatic rings. The first kappa shape index (κ1) is 10.3. The molecule has 1 aromatic heterocycles. The fourth-order valence-corrected chi connectivity index (χ4v) is 1.91. The monoisotopic (exact) mass is 207 g/mol. The van der Waals surface area contributed by atoms with Crippen LogP contribution in [0.1, 0.15) is 19.0 Å². The number of aromatic nitrogens is 2. The Hall–Kier alpha value is -1.20. The van der Waals surface area contributed by atoms with Gasteiger partial charge < -0.3 is 5.43 Å². The fourth-order valence-electron chi connectivity index (χ4n) is 1.91. The van der Waals surface area contributed by atoms with Crippen molar-refractivity contribution in [2.24, 2.45) is 11.8 Å². The number of likely N-dealkylation sites (tertiary alicyclic amines) is 1. The molecule has 0 saturated carbocycles. The molecule has 0 aromatic carbocycles. The maximum Gasteiger partial charge on any atom is 0.158 e. The van der Waals surface area contributed by atoms with E-state index in [1.54, 1.807) is 12.4 Å². The molecule has 1 atom stereocenters. The average Bonchev–Trinajstić information content (AvgIpc) is 2.65. The Labute approximate surface area is 89.7 Å². The number of hydrazine groups is 1. The van der Waals surface area contributed by atoms with Crippen LogP contribution in [0.5, 0.6) is 0 Å². The van der Waals surface area contributed by atoms with Crippen molar-refractivity contribution in [3.05, 3.63) is 18.1 Å². The fraction of sp³-hybridized carbons (Fsp3) is 0.600. The van der Waals surface area contributed by atoms with Gasteiger partial charge >= 0.3 is 0 Å². The number of nitrogens with two attached hydrogens (primary N) is 1. The summed E-state index contributed by atoms with van der Waals surface area (Å²) in [6.07, 6.45) is 4.73. The Kier molecular flexibility index (Phi) is 3.13. The van der Waals surface area contributed by atoms with Crippen LogP contribution in [0.25, 0.3) is 0 Å². The minimum Gasteiger partial charge on any atom is -0.307 e. The molecule has 0 aliphatic carbocycles. The summed E-state index contributed by atoms with van der Waals surface area (Å²) in [6, 6.07) is 0. The number of hydrogen-bond donors (Lipinski definition) is 2. The van der Waals surface area contributed by atoms with Gasteiger partial charge in [-0.15, -0.1) is 0 Å². The van der Waals surface area contributed by atoms with E-state index in [0.717, 1.165) is 18.2 Å². The first-order chi connectivity index (χ1) is 7.28. The predicted octanol–water partition coefficient (Wildman–Crippen LogP) is 0.604. The van der Waals surface area contributed by atoms with Gasteiger partial charge in [0.25, 0.3) is 0 Å². The van der Waals surface area contributed by atoms with Gasteiger partial charge in [-0.05, 0) is 18.9 Å². The Morgan fingerprint density at radius 2 is 2.40 bits per heavy atom. The number of nitrogen functional groups attached to an aromatic ring is 1. The highest BCUT2D eigenvalue weighted by Gasteiger charge is 2.18. The van der Waals surface area contributed by atoms with E-state index in [4.69, 9.17) is 5.84 Å². The van der Waals surface area contributed by atoms with Crippen LogP contribution in [0.4, 0.5) is 5.82 Å². The quantitative estimate of drug-likeness (QED) is 0.561. The molecule has 82 valence electrons. The summed E-state index contributed by atoms with van der Waals surface area (Å²) in [5.41, 5.74) is 3.47. The summed E-state index contributed by atoms with van der Waals surface area (Å²) < 4.78 is 0. The Balaban J connectivity index is 1.93. The van der Waals surface area contributed by atoms with Crippen LogP contribution in [0.15, 0.2) is 12.4 Å². The smallest absolute Gasteiger partial charge is 0.158 e. The van der Waals surface area contributed by atoms with Gasteiger partial charge in [-0.2, -0.15) is 0 Å². The third-order valence-corrected chi connectivity index (χ3v) is 2.75. The van der Waals surface area contributed by atoms with Crippen LogP contribution in [0, 0.1) is 5.92 Å². The number of rotatable bonds is 3. The summed E-state index contributed by atoms with van der Waals surface area (Å²) in [5, 5.41) is 0. The first-order valence-corrected chi connectivity index (χ1v) is 5.28. The molecule has 2 rings (SSSR count). The molecular weight excluding hydrogens is 190 g/mol. The van der Waals surface area contributed by atoms with E-state index in [-0.39, 0.29) is 0 Å². The molecule has 1 saturated heterocycles. The van der Waals surface area contributed by atoms with Gasteiger partial charge in [0.15, 0.2) is 5.82 Å². The minimum atomic E-state index is 0.605. The molecule has 5 heteroatoms. The molecule has 1 unspecified atom stereocenters. The van der Waals surface area contributed by atoms with Gasteiger partial charge in [0, 0.05) is 13.1 Å². The van der Waals surface area contributed by atoms with Crippen LogP contribution >= 0.6 is 0 Å². The summed E-state index contributed by atoms with van der Waals surface area (Å²) in [6.45, 7) is 5.51. The first-order valence-electron chi connectivity index (χ1n) is 5.28. The topological polar surface area (TPSA) is 67.1 Å². The van der Waals surface area contributed by atoms with Crippen molar-refractivity contribution in [2.45, 2.75) is 19.9 Å². The van der Waals surface area contributed by atoms with Crippen LogP contribution in [0.3, 0.4) is 0 Å². The van der Waals surface area contributed by atoms with Crippen LogP contribution in [-0.2, 0) is 6.54 Å². The zero-order valence-corrected chi connectivity index (χ0v) is 8.98. The van der Waals surface area contributed by atoms with Crippen molar-refractivity contribution in [1.29, 1.82) is 0 Å². The van der Waals surface area contributed by atoms with E-state index in [0.29, 0.717) is 5.82 Å². The highest BCUT2D eigenvalue weighted by atomic mass is 15.3. The molecule has 0 radical (unpaired) electrons. The second-order valence-electron chi connectivity index (χ2n) is 4.17. The maximum atomic E-state index is 5.22. The lowest BCUT2D eigenvalue weighted by atomic mass is 10.2. The molecule has 1 fully saturated rings. The van der Waals surface area contributed by atoms with Gasteiger partial charge in [-0.3, -0.25) is 9.88 Å². The zero-order valence-electron chi connectivity index (χ0n) is 8.98. The van der Waals surface area contributed by atoms with Crippen molar-refractivity contribution in [1.82, 2.24) is 14.9 Å². The molecule has 5 nitrogen and oxygen atoms in total. The van der Waals surface area contributed by atoms with Gasteiger partial charge in [0.2, 0.25) is 0 Å². The lowest BCUT2D eigenvalue weighted by Crippen LogP contribution is -2.20. The standard InChI is InChI=1S/C10H17N5/c1-8-2-3-15(6-8)7-9-4-13-10(14-11)5-12-9/h4-5,8H,2-3,6-7,11H2,1H3,(H,13,14). The molecule has 15 heavy (non-hydrogen) atoms. The number of hydrogen-bond acceptors (Lipinski definition) is 5. The molecule has 0 spiro atoms. The Morgan fingerprint density at radius 1 is 1.53 bits per heavy atom. The molecule has 0 amide bonds. The largest absolute Gasteiger partial charge is 0.307 e. The predicted molar refractivity (Wildman–Crippen MR) is 58.9 cm³/mol. The van der Waals surface area contributed by atoms with E-state index in [2.05, 4.69) is 27.2 Å². The highest BCUT2D eigenvalue weighted by Crippen LogP contribution is 2.16. The van der Waals surface area contributed by atoms with Gasteiger partial charge in [-0.25, -0.2) is 10.8 Å². The third kappa shape index (κ3) is 2.64. The number of nitrogens with one attached hydrogen (secondary N) is 1. The SMILES string of the molecule is CC1CCN(Cc2cnc(NN)cn2)C1. The van der Waals surface area contributed by atoms with Gasteiger partial charge in [0.1, 0.15) is 0 Å². The molecule has 1 aromatic rings. The molecule has 0 bridgehead atoms. The van der Waals surface area contributed by atoms with Crippen molar-refractivity contribution in [3.8, 4) is 0 Å². The summed E-state index contributed by atoms with van der Waals surface area (Å²) in [7, 11) is 0. The lowest BCUT2D eigenvalue weighted by molar-refractivity contribution is 0.316. The Bertz CT molecular complexity index is 310. The van der Waals surface area contributed by atoms with E-state index in [9.17, 15) is 0 Å². The summed E-state index contributed by atoms with van der Waals surface area (Å²) >= 11 is 0. The van der Waals surface area contributed by atoms with Crippen molar-refractivity contribution >= 4 is 5.82 Å². The molecular formula is C10H17N5.